The quantitative estimate of drug-likeness (QED) is 0.821. The first kappa shape index (κ1) is 13.3. The zero-order chi connectivity index (χ0) is 13.7. The molecule has 5 nitrogen and oxygen atoms in total. The van der Waals surface area contributed by atoms with Gasteiger partial charge in [0.05, 0.1) is 6.20 Å². The highest BCUT2D eigenvalue weighted by Gasteiger charge is 2.03. The fourth-order valence-electron chi connectivity index (χ4n) is 1.51. The molecule has 1 aromatic heterocycles. The van der Waals surface area contributed by atoms with Crippen molar-refractivity contribution in [2.45, 2.75) is 6.92 Å². The van der Waals surface area contributed by atoms with Gasteiger partial charge in [-0.1, -0.05) is 17.7 Å². The number of aromatic nitrogens is 3. The molecule has 0 amide bonds. The van der Waals surface area contributed by atoms with Gasteiger partial charge in [0.15, 0.2) is 5.82 Å². The number of aryl methyl sites for hydroxylation is 1. The summed E-state index contributed by atoms with van der Waals surface area (Å²) < 4.78 is 0. The summed E-state index contributed by atoms with van der Waals surface area (Å²) in [6, 6.07) is 5.56. The van der Waals surface area contributed by atoms with Gasteiger partial charge >= 0.3 is 0 Å². The van der Waals surface area contributed by atoms with Crippen molar-refractivity contribution in [1.29, 1.82) is 0 Å². The van der Waals surface area contributed by atoms with E-state index in [0.29, 0.717) is 23.3 Å². The van der Waals surface area contributed by atoms with Crippen LogP contribution in [-0.4, -0.2) is 21.7 Å². The van der Waals surface area contributed by atoms with Crippen LogP contribution < -0.4 is 10.6 Å². The van der Waals surface area contributed by atoms with Crippen LogP contribution in [-0.2, 0) is 0 Å². The fourth-order valence-corrected chi connectivity index (χ4v) is 1.73. The third kappa shape index (κ3) is 3.66. The molecule has 2 rings (SSSR count). The SMILES string of the molecule is C=CCNc1cnnc(Nc2ccc(Cl)cc2C)n1. The van der Waals surface area contributed by atoms with Gasteiger partial charge in [0.25, 0.3) is 0 Å². The van der Waals surface area contributed by atoms with Gasteiger partial charge in [-0.3, -0.25) is 0 Å². The molecule has 0 fully saturated rings. The molecule has 19 heavy (non-hydrogen) atoms. The van der Waals surface area contributed by atoms with Crippen molar-refractivity contribution in [1.82, 2.24) is 15.2 Å². The average Bonchev–Trinajstić information content (AvgIpc) is 2.40. The van der Waals surface area contributed by atoms with E-state index in [2.05, 4.69) is 32.4 Å². The van der Waals surface area contributed by atoms with E-state index in [0.717, 1.165) is 11.3 Å². The molecule has 6 heteroatoms. The second-order valence-corrected chi connectivity index (χ2v) is 4.36. The van der Waals surface area contributed by atoms with E-state index in [-0.39, 0.29) is 0 Å². The summed E-state index contributed by atoms with van der Waals surface area (Å²) in [6.45, 7) is 6.21. The van der Waals surface area contributed by atoms with Crippen LogP contribution >= 0.6 is 11.6 Å². The Balaban J connectivity index is 2.16. The molecule has 0 atom stereocenters. The first-order valence-electron chi connectivity index (χ1n) is 5.76. The van der Waals surface area contributed by atoms with Crippen molar-refractivity contribution in [2.24, 2.45) is 0 Å². The van der Waals surface area contributed by atoms with E-state index in [9.17, 15) is 0 Å². The minimum absolute atomic E-state index is 0.430. The van der Waals surface area contributed by atoms with E-state index in [1.54, 1.807) is 12.3 Å². The molecule has 0 saturated carbocycles. The van der Waals surface area contributed by atoms with E-state index in [1.165, 1.54) is 0 Å². The van der Waals surface area contributed by atoms with Gasteiger partial charge in [0.2, 0.25) is 5.95 Å². The van der Waals surface area contributed by atoms with Gasteiger partial charge in [-0.15, -0.1) is 11.7 Å². The number of nitrogens with one attached hydrogen (secondary N) is 2. The van der Waals surface area contributed by atoms with Crippen LogP contribution in [0.4, 0.5) is 17.5 Å². The van der Waals surface area contributed by atoms with Gasteiger partial charge in [0.1, 0.15) is 0 Å². The molecule has 98 valence electrons. The predicted molar refractivity (Wildman–Crippen MR) is 78.0 cm³/mol. The molecular formula is C13H14ClN5. The molecule has 2 N–H and O–H groups in total. The van der Waals surface area contributed by atoms with Crippen molar-refractivity contribution in [2.75, 3.05) is 17.2 Å². The molecule has 1 aromatic carbocycles. The van der Waals surface area contributed by atoms with Crippen LogP contribution in [0.15, 0.2) is 37.1 Å². The number of benzene rings is 1. The van der Waals surface area contributed by atoms with Crippen LogP contribution in [0.25, 0.3) is 0 Å². The summed E-state index contributed by atoms with van der Waals surface area (Å²) in [5.74, 6) is 1.07. The summed E-state index contributed by atoms with van der Waals surface area (Å²) in [5.41, 5.74) is 1.91. The molecule has 0 saturated heterocycles. The summed E-state index contributed by atoms with van der Waals surface area (Å²) in [6.07, 6.45) is 3.31. The lowest BCUT2D eigenvalue weighted by atomic mass is 10.2. The minimum atomic E-state index is 0.430. The molecule has 0 aliphatic heterocycles. The van der Waals surface area contributed by atoms with Crippen molar-refractivity contribution >= 4 is 29.1 Å². The normalized spacial score (nSPS) is 10.0. The van der Waals surface area contributed by atoms with Gasteiger partial charge < -0.3 is 10.6 Å². The minimum Gasteiger partial charge on any atom is -0.365 e. The van der Waals surface area contributed by atoms with E-state index in [1.807, 2.05) is 25.1 Å². The topological polar surface area (TPSA) is 62.7 Å². The Labute approximate surface area is 116 Å². The highest BCUT2D eigenvalue weighted by atomic mass is 35.5. The molecule has 1 heterocycles. The van der Waals surface area contributed by atoms with Gasteiger partial charge in [-0.05, 0) is 30.7 Å². The Hall–Kier alpha value is -2.14. The largest absolute Gasteiger partial charge is 0.365 e. The van der Waals surface area contributed by atoms with E-state index >= 15 is 0 Å². The van der Waals surface area contributed by atoms with Crippen molar-refractivity contribution in [3.05, 3.63) is 47.6 Å². The molecule has 0 spiro atoms. The van der Waals surface area contributed by atoms with Gasteiger partial charge in [-0.2, -0.15) is 10.1 Å². The average molecular weight is 276 g/mol. The van der Waals surface area contributed by atoms with Crippen LogP contribution in [0.5, 0.6) is 0 Å². The van der Waals surface area contributed by atoms with Crippen LogP contribution in [0.3, 0.4) is 0 Å². The third-order valence-electron chi connectivity index (χ3n) is 2.42. The second-order valence-electron chi connectivity index (χ2n) is 3.92. The van der Waals surface area contributed by atoms with Crippen LogP contribution in [0.1, 0.15) is 5.56 Å². The Morgan fingerprint density at radius 2 is 2.26 bits per heavy atom. The maximum absolute atomic E-state index is 5.91. The number of nitrogens with zero attached hydrogens (tertiary/aromatic N) is 3. The monoisotopic (exact) mass is 275 g/mol. The number of anilines is 3. The van der Waals surface area contributed by atoms with E-state index in [4.69, 9.17) is 11.6 Å². The number of halogens is 1. The predicted octanol–water partition coefficient (Wildman–Crippen LogP) is 3.17. The number of rotatable bonds is 5. The Morgan fingerprint density at radius 3 is 3.00 bits per heavy atom. The zero-order valence-corrected chi connectivity index (χ0v) is 11.3. The smallest absolute Gasteiger partial charge is 0.249 e. The molecule has 0 radical (unpaired) electrons. The molecule has 0 aliphatic rings. The second kappa shape index (κ2) is 6.15. The highest BCUT2D eigenvalue weighted by Crippen LogP contribution is 2.21. The molecule has 0 unspecified atom stereocenters. The van der Waals surface area contributed by atoms with Crippen molar-refractivity contribution < 1.29 is 0 Å². The lowest BCUT2D eigenvalue weighted by molar-refractivity contribution is 0.975. The van der Waals surface area contributed by atoms with Crippen LogP contribution in [0.2, 0.25) is 5.02 Å². The maximum Gasteiger partial charge on any atom is 0.249 e. The maximum atomic E-state index is 5.91. The van der Waals surface area contributed by atoms with Crippen molar-refractivity contribution in [3.8, 4) is 0 Å². The third-order valence-corrected chi connectivity index (χ3v) is 2.66. The van der Waals surface area contributed by atoms with E-state index < -0.39 is 0 Å². The number of hydrogen-bond acceptors (Lipinski definition) is 5. The summed E-state index contributed by atoms with van der Waals surface area (Å²) in [5, 5.41) is 14.7. The first-order valence-corrected chi connectivity index (χ1v) is 6.14. The standard InChI is InChI=1S/C13H14ClN5/c1-3-6-15-12-8-16-19-13(18-12)17-11-5-4-10(14)7-9(11)2/h3-5,7-8H,1,6H2,2H3,(H2,15,17,18,19). The van der Waals surface area contributed by atoms with Gasteiger partial charge in [0, 0.05) is 17.3 Å². The molecular weight excluding hydrogens is 262 g/mol. The zero-order valence-electron chi connectivity index (χ0n) is 10.5. The summed E-state index contributed by atoms with van der Waals surface area (Å²) in [7, 11) is 0. The Kier molecular flexibility index (Phi) is 4.30. The highest BCUT2D eigenvalue weighted by molar-refractivity contribution is 6.30. The molecule has 2 aromatic rings. The lowest BCUT2D eigenvalue weighted by Gasteiger charge is -2.09. The molecule has 0 bridgehead atoms. The lowest BCUT2D eigenvalue weighted by Crippen LogP contribution is -2.05. The first-order chi connectivity index (χ1) is 9.19. The fraction of sp³-hybridized carbons (Fsp3) is 0.154. The Morgan fingerprint density at radius 1 is 1.42 bits per heavy atom. The van der Waals surface area contributed by atoms with Gasteiger partial charge in [-0.25, -0.2) is 0 Å². The van der Waals surface area contributed by atoms with Crippen molar-refractivity contribution in [3.63, 3.8) is 0 Å². The molecule has 0 aliphatic carbocycles. The van der Waals surface area contributed by atoms with Crippen LogP contribution in [0, 0.1) is 6.92 Å². The summed E-state index contributed by atoms with van der Waals surface area (Å²) in [4.78, 5) is 4.29. The number of hydrogen-bond donors (Lipinski definition) is 2. The Bertz CT molecular complexity index is 585. The summed E-state index contributed by atoms with van der Waals surface area (Å²) >= 11 is 5.91.